The zero-order chi connectivity index (χ0) is 13.8. The Hall–Kier alpha value is -1.75. The number of hydrogen-bond donors (Lipinski definition) is 1. The van der Waals surface area contributed by atoms with E-state index in [2.05, 4.69) is 11.9 Å². The third-order valence-corrected chi connectivity index (χ3v) is 3.12. The molecule has 1 fully saturated rings. The van der Waals surface area contributed by atoms with Crippen LogP contribution in [-0.2, 0) is 4.74 Å². The zero-order valence-electron chi connectivity index (χ0n) is 10.4. The predicted octanol–water partition coefficient (Wildman–Crippen LogP) is 2.52. The molecule has 0 aliphatic carbocycles. The first-order valence-electron chi connectivity index (χ1n) is 6.12. The fourth-order valence-electron chi connectivity index (χ4n) is 2.03. The van der Waals surface area contributed by atoms with Crippen LogP contribution >= 0.6 is 0 Å². The van der Waals surface area contributed by atoms with Crippen LogP contribution in [-0.4, -0.2) is 25.2 Å². The molecule has 3 nitrogen and oxygen atoms in total. The summed E-state index contributed by atoms with van der Waals surface area (Å²) in [5.41, 5.74) is -0.442. The van der Waals surface area contributed by atoms with E-state index in [-0.39, 0.29) is 11.6 Å². The van der Waals surface area contributed by atoms with Crippen LogP contribution in [0.5, 0.6) is 0 Å². The molecule has 5 heteroatoms. The molecule has 0 bridgehead atoms. The summed E-state index contributed by atoms with van der Waals surface area (Å²) < 4.78 is 32.7. The van der Waals surface area contributed by atoms with Crippen LogP contribution < -0.4 is 5.32 Å². The van der Waals surface area contributed by atoms with E-state index in [9.17, 15) is 13.6 Å². The second-order valence-corrected chi connectivity index (χ2v) is 4.39. The Bertz CT molecular complexity index is 496. The third kappa shape index (κ3) is 2.98. The van der Waals surface area contributed by atoms with E-state index >= 15 is 0 Å². The molecular formula is C14H15F2NO2. The van der Waals surface area contributed by atoms with Gasteiger partial charge in [-0.15, -0.1) is 0 Å². The summed E-state index contributed by atoms with van der Waals surface area (Å²) in [7, 11) is 0. The van der Waals surface area contributed by atoms with E-state index < -0.39 is 23.1 Å². The minimum atomic E-state index is -0.875. The van der Waals surface area contributed by atoms with Crippen LogP contribution in [0.3, 0.4) is 0 Å². The highest BCUT2D eigenvalue weighted by Crippen LogP contribution is 2.18. The van der Waals surface area contributed by atoms with E-state index in [0.29, 0.717) is 26.1 Å². The van der Waals surface area contributed by atoms with Gasteiger partial charge in [0.05, 0.1) is 0 Å². The van der Waals surface area contributed by atoms with Gasteiger partial charge in [-0.2, -0.15) is 0 Å². The second kappa shape index (κ2) is 5.93. The van der Waals surface area contributed by atoms with Crippen molar-refractivity contribution in [2.45, 2.75) is 18.9 Å². The highest BCUT2D eigenvalue weighted by molar-refractivity contribution is 5.95. The largest absolute Gasteiger partial charge is 0.381 e. The number of rotatable bonds is 3. The van der Waals surface area contributed by atoms with Crippen molar-refractivity contribution in [2.75, 3.05) is 13.2 Å². The van der Waals surface area contributed by atoms with Gasteiger partial charge in [0, 0.05) is 24.8 Å². The van der Waals surface area contributed by atoms with Crippen molar-refractivity contribution in [3.63, 3.8) is 0 Å². The van der Waals surface area contributed by atoms with Crippen LogP contribution in [0.2, 0.25) is 0 Å². The Kier molecular flexibility index (Phi) is 4.27. The molecule has 1 heterocycles. The maximum atomic E-state index is 13.9. The summed E-state index contributed by atoms with van der Waals surface area (Å²) in [5.74, 6) is -2.47. The smallest absolute Gasteiger partial charge is 0.257 e. The fourth-order valence-corrected chi connectivity index (χ4v) is 2.03. The Morgan fingerprint density at radius 1 is 1.37 bits per heavy atom. The number of carbonyl (C=O) groups excluding carboxylic acids is 1. The number of hydrogen-bond acceptors (Lipinski definition) is 2. The molecule has 1 aliphatic heterocycles. The average molecular weight is 267 g/mol. The first kappa shape index (κ1) is 13.7. The van der Waals surface area contributed by atoms with E-state index in [1.807, 2.05) is 0 Å². The minimum Gasteiger partial charge on any atom is -0.381 e. The molecule has 0 spiro atoms. The SMILES string of the molecule is C=Cc1ccc(F)c(C(=O)NC2CCOCC2)c1F. The van der Waals surface area contributed by atoms with Crippen LogP contribution in [0.4, 0.5) is 8.78 Å². The number of ether oxygens (including phenoxy) is 1. The lowest BCUT2D eigenvalue weighted by atomic mass is 10.1. The molecule has 0 aromatic heterocycles. The number of carbonyl (C=O) groups is 1. The molecule has 1 saturated heterocycles. The lowest BCUT2D eigenvalue weighted by Gasteiger charge is -2.23. The molecule has 19 heavy (non-hydrogen) atoms. The lowest BCUT2D eigenvalue weighted by Crippen LogP contribution is -2.39. The summed E-state index contributed by atoms with van der Waals surface area (Å²) in [6.07, 6.45) is 2.55. The fraction of sp³-hybridized carbons (Fsp3) is 0.357. The van der Waals surface area contributed by atoms with E-state index in [1.165, 1.54) is 12.1 Å². The molecular weight excluding hydrogens is 252 g/mol. The maximum absolute atomic E-state index is 13.9. The molecule has 102 valence electrons. The normalized spacial score (nSPS) is 16.1. The van der Waals surface area contributed by atoms with E-state index in [1.54, 1.807) is 0 Å². The summed E-state index contributed by atoms with van der Waals surface area (Å²) >= 11 is 0. The quantitative estimate of drug-likeness (QED) is 0.913. The summed E-state index contributed by atoms with van der Waals surface area (Å²) in [6, 6.07) is 2.22. The Labute approximate surface area is 110 Å². The molecule has 0 radical (unpaired) electrons. The summed E-state index contributed by atoms with van der Waals surface area (Å²) in [4.78, 5) is 12.0. The molecule has 1 N–H and O–H groups in total. The average Bonchev–Trinajstić information content (AvgIpc) is 2.40. The van der Waals surface area contributed by atoms with Gasteiger partial charge in [-0.1, -0.05) is 12.7 Å². The molecule has 1 amide bonds. The standard InChI is InChI=1S/C14H15F2NO2/c1-2-9-3-4-11(15)12(13(9)16)14(18)17-10-5-7-19-8-6-10/h2-4,10H,1,5-8H2,(H,17,18). The summed E-state index contributed by atoms with van der Waals surface area (Å²) in [5, 5.41) is 2.63. The van der Waals surface area contributed by atoms with Gasteiger partial charge in [-0.3, -0.25) is 4.79 Å². The molecule has 0 atom stereocenters. The first-order chi connectivity index (χ1) is 9.13. The van der Waals surface area contributed by atoms with Gasteiger partial charge in [-0.25, -0.2) is 8.78 Å². The topological polar surface area (TPSA) is 38.3 Å². The Balaban J connectivity index is 2.20. The van der Waals surface area contributed by atoms with Gasteiger partial charge < -0.3 is 10.1 Å². The van der Waals surface area contributed by atoms with Gasteiger partial charge in [0.2, 0.25) is 0 Å². The molecule has 2 rings (SSSR count). The monoisotopic (exact) mass is 267 g/mol. The minimum absolute atomic E-state index is 0.104. The van der Waals surface area contributed by atoms with Crippen LogP contribution in [0.15, 0.2) is 18.7 Å². The number of amides is 1. The molecule has 1 aromatic carbocycles. The Morgan fingerprint density at radius 3 is 2.68 bits per heavy atom. The number of halogens is 2. The van der Waals surface area contributed by atoms with Crippen molar-refractivity contribution in [1.82, 2.24) is 5.32 Å². The third-order valence-electron chi connectivity index (χ3n) is 3.12. The van der Waals surface area contributed by atoms with E-state index in [4.69, 9.17) is 4.74 Å². The van der Waals surface area contributed by atoms with Crippen molar-refractivity contribution in [3.05, 3.63) is 41.5 Å². The summed E-state index contributed by atoms with van der Waals surface area (Å²) in [6.45, 7) is 4.52. The molecule has 0 unspecified atom stereocenters. The zero-order valence-corrected chi connectivity index (χ0v) is 10.4. The second-order valence-electron chi connectivity index (χ2n) is 4.39. The van der Waals surface area contributed by atoms with Gasteiger partial charge in [-0.05, 0) is 25.0 Å². The van der Waals surface area contributed by atoms with Crippen LogP contribution in [0.1, 0.15) is 28.8 Å². The molecule has 0 saturated carbocycles. The molecule has 1 aliphatic rings. The van der Waals surface area contributed by atoms with Crippen molar-refractivity contribution in [2.24, 2.45) is 0 Å². The lowest BCUT2D eigenvalue weighted by molar-refractivity contribution is 0.0693. The van der Waals surface area contributed by atoms with Crippen molar-refractivity contribution < 1.29 is 18.3 Å². The molecule has 1 aromatic rings. The maximum Gasteiger partial charge on any atom is 0.257 e. The van der Waals surface area contributed by atoms with Gasteiger partial charge in [0.25, 0.3) is 5.91 Å². The number of benzene rings is 1. The highest BCUT2D eigenvalue weighted by Gasteiger charge is 2.23. The van der Waals surface area contributed by atoms with Crippen molar-refractivity contribution in [1.29, 1.82) is 0 Å². The van der Waals surface area contributed by atoms with Gasteiger partial charge in [0.15, 0.2) is 0 Å². The van der Waals surface area contributed by atoms with E-state index in [0.717, 1.165) is 6.07 Å². The van der Waals surface area contributed by atoms with Crippen molar-refractivity contribution >= 4 is 12.0 Å². The predicted molar refractivity (Wildman–Crippen MR) is 67.8 cm³/mol. The van der Waals surface area contributed by atoms with Gasteiger partial charge >= 0.3 is 0 Å². The highest BCUT2D eigenvalue weighted by atomic mass is 19.1. The van der Waals surface area contributed by atoms with Crippen LogP contribution in [0.25, 0.3) is 6.08 Å². The Morgan fingerprint density at radius 2 is 2.05 bits per heavy atom. The van der Waals surface area contributed by atoms with Crippen LogP contribution in [0, 0.1) is 11.6 Å². The number of nitrogens with one attached hydrogen (secondary N) is 1. The van der Waals surface area contributed by atoms with Crippen molar-refractivity contribution in [3.8, 4) is 0 Å². The van der Waals surface area contributed by atoms with Gasteiger partial charge in [0.1, 0.15) is 17.2 Å². The first-order valence-corrected chi connectivity index (χ1v) is 6.12.